The molecule has 0 aliphatic rings. The van der Waals surface area contributed by atoms with Crippen LogP contribution in [0.2, 0.25) is 5.02 Å². The highest BCUT2D eigenvalue weighted by Gasteiger charge is 2.21. The normalized spacial score (nSPS) is 11.7. The molecule has 0 N–H and O–H groups in total. The number of rotatable bonds is 10. The molecule has 0 amide bonds. The summed E-state index contributed by atoms with van der Waals surface area (Å²) in [4.78, 5) is 24.4. The number of benzene rings is 3. The Morgan fingerprint density at radius 2 is 1.55 bits per heavy atom. The van der Waals surface area contributed by atoms with Crippen LogP contribution in [0.4, 0.5) is 0 Å². The van der Waals surface area contributed by atoms with Crippen molar-refractivity contribution in [2.45, 2.75) is 46.1 Å². The number of hydrogen-bond donors (Lipinski definition) is 0. The van der Waals surface area contributed by atoms with Gasteiger partial charge in [0.1, 0.15) is 6.10 Å². The fourth-order valence-corrected chi connectivity index (χ4v) is 4.52. The average Bonchev–Trinajstić information content (AvgIpc) is 3.27. The number of ether oxygens (including phenoxy) is 2. The van der Waals surface area contributed by atoms with Gasteiger partial charge in [0, 0.05) is 28.1 Å². The summed E-state index contributed by atoms with van der Waals surface area (Å²) in [6.07, 6.45) is 0.572. The summed E-state index contributed by atoms with van der Waals surface area (Å²) in [5.74, 6) is -0.0205. The van der Waals surface area contributed by atoms with Gasteiger partial charge in [-0.1, -0.05) is 83.5 Å². The van der Waals surface area contributed by atoms with E-state index in [4.69, 9.17) is 25.6 Å². The third-order valence-corrected chi connectivity index (χ3v) is 6.66. The number of esters is 2. The molecular weight excluding hydrogens is 502 g/mol. The van der Waals surface area contributed by atoms with Crippen LogP contribution < -0.4 is 0 Å². The molecular formula is C31H30ClNO5. The molecule has 0 saturated carbocycles. The van der Waals surface area contributed by atoms with Crippen molar-refractivity contribution in [3.8, 4) is 22.5 Å². The zero-order valence-electron chi connectivity index (χ0n) is 21.7. The zero-order chi connectivity index (χ0) is 27.1. The van der Waals surface area contributed by atoms with E-state index in [0.29, 0.717) is 41.5 Å². The molecule has 7 heteroatoms. The SMILES string of the molecule is CCOC(=O)CCc1ccc(-c2ccc(-c3onc(C)c3CC(=O)OC(C)c3ccccc3Cl)cc2)cc1. The molecule has 1 heterocycles. The molecule has 0 aliphatic carbocycles. The molecule has 38 heavy (non-hydrogen) atoms. The van der Waals surface area contributed by atoms with Gasteiger partial charge in [-0.25, -0.2) is 0 Å². The monoisotopic (exact) mass is 531 g/mol. The molecule has 1 aromatic heterocycles. The van der Waals surface area contributed by atoms with E-state index in [2.05, 4.69) is 5.16 Å². The Hall–Kier alpha value is -3.90. The molecule has 4 rings (SSSR count). The van der Waals surface area contributed by atoms with E-state index in [1.54, 1.807) is 19.9 Å². The third kappa shape index (κ3) is 6.69. The van der Waals surface area contributed by atoms with Crippen LogP contribution in [0.3, 0.4) is 0 Å². The van der Waals surface area contributed by atoms with Crippen LogP contribution in [0.25, 0.3) is 22.5 Å². The van der Waals surface area contributed by atoms with Gasteiger partial charge in [-0.05, 0) is 49.9 Å². The summed E-state index contributed by atoms with van der Waals surface area (Å²) in [6, 6.07) is 23.3. The lowest BCUT2D eigenvalue weighted by Crippen LogP contribution is -2.12. The highest BCUT2D eigenvalue weighted by Crippen LogP contribution is 2.31. The van der Waals surface area contributed by atoms with E-state index >= 15 is 0 Å². The van der Waals surface area contributed by atoms with Crippen LogP contribution in [-0.4, -0.2) is 23.7 Å². The van der Waals surface area contributed by atoms with E-state index < -0.39 is 6.10 Å². The van der Waals surface area contributed by atoms with Crippen molar-refractivity contribution in [3.05, 3.63) is 100 Å². The quantitative estimate of drug-likeness (QED) is 0.200. The maximum Gasteiger partial charge on any atom is 0.311 e. The summed E-state index contributed by atoms with van der Waals surface area (Å²) in [6.45, 7) is 5.81. The first-order valence-corrected chi connectivity index (χ1v) is 13.0. The first-order valence-electron chi connectivity index (χ1n) is 12.6. The fraction of sp³-hybridized carbons (Fsp3) is 0.258. The smallest absolute Gasteiger partial charge is 0.311 e. The highest BCUT2D eigenvalue weighted by molar-refractivity contribution is 6.31. The number of aromatic nitrogens is 1. The summed E-state index contributed by atoms with van der Waals surface area (Å²) in [7, 11) is 0. The molecule has 1 unspecified atom stereocenters. The minimum Gasteiger partial charge on any atom is -0.466 e. The van der Waals surface area contributed by atoms with Crippen molar-refractivity contribution in [2.24, 2.45) is 0 Å². The Morgan fingerprint density at radius 3 is 2.21 bits per heavy atom. The van der Waals surface area contributed by atoms with Crippen molar-refractivity contribution in [1.29, 1.82) is 0 Å². The maximum atomic E-state index is 12.8. The predicted octanol–water partition coefficient (Wildman–Crippen LogP) is 7.31. The van der Waals surface area contributed by atoms with Gasteiger partial charge in [-0.2, -0.15) is 0 Å². The highest BCUT2D eigenvalue weighted by atomic mass is 35.5. The molecule has 0 aliphatic heterocycles. The van der Waals surface area contributed by atoms with Gasteiger partial charge in [0.15, 0.2) is 5.76 Å². The Morgan fingerprint density at radius 1 is 0.921 bits per heavy atom. The molecule has 0 bridgehead atoms. The van der Waals surface area contributed by atoms with E-state index in [-0.39, 0.29) is 18.4 Å². The van der Waals surface area contributed by atoms with Crippen LogP contribution in [0.1, 0.15) is 48.8 Å². The van der Waals surface area contributed by atoms with Crippen LogP contribution >= 0.6 is 11.6 Å². The number of hydrogen-bond acceptors (Lipinski definition) is 6. The Kier molecular flexibility index (Phi) is 8.98. The van der Waals surface area contributed by atoms with Crippen LogP contribution in [0.5, 0.6) is 0 Å². The standard InChI is InChI=1S/C31H30ClNO5/c1-4-36-29(34)18-11-22-9-12-23(13-10-22)24-14-16-25(17-15-24)31-27(20(2)33-38-31)19-30(35)37-21(3)26-7-5-6-8-28(26)32/h5-10,12-17,21H,4,11,18-19H2,1-3H3. The van der Waals surface area contributed by atoms with Crippen molar-refractivity contribution in [1.82, 2.24) is 5.16 Å². The number of carbonyl (C=O) groups excluding carboxylic acids is 2. The second-order valence-corrected chi connectivity index (χ2v) is 9.39. The molecule has 3 aromatic carbocycles. The predicted molar refractivity (Wildman–Crippen MR) is 147 cm³/mol. The van der Waals surface area contributed by atoms with Gasteiger partial charge < -0.3 is 14.0 Å². The molecule has 196 valence electrons. The lowest BCUT2D eigenvalue weighted by Gasteiger charge is -2.15. The van der Waals surface area contributed by atoms with Crippen LogP contribution in [-0.2, 0) is 31.9 Å². The van der Waals surface area contributed by atoms with Crippen molar-refractivity contribution < 1.29 is 23.6 Å². The molecule has 0 radical (unpaired) electrons. The van der Waals surface area contributed by atoms with Crippen molar-refractivity contribution >= 4 is 23.5 Å². The molecule has 0 saturated heterocycles. The van der Waals surface area contributed by atoms with Crippen LogP contribution in [0.15, 0.2) is 77.3 Å². The Bertz CT molecular complexity index is 1390. The van der Waals surface area contributed by atoms with Gasteiger partial charge in [0.2, 0.25) is 0 Å². The molecule has 1 atom stereocenters. The average molecular weight is 532 g/mol. The third-order valence-electron chi connectivity index (χ3n) is 6.31. The van der Waals surface area contributed by atoms with Gasteiger partial charge in [0.25, 0.3) is 0 Å². The molecule has 6 nitrogen and oxygen atoms in total. The number of halogens is 1. The lowest BCUT2D eigenvalue weighted by atomic mass is 9.99. The summed E-state index contributed by atoms with van der Waals surface area (Å²) < 4.78 is 16.2. The number of carbonyl (C=O) groups is 2. The summed E-state index contributed by atoms with van der Waals surface area (Å²) >= 11 is 6.24. The summed E-state index contributed by atoms with van der Waals surface area (Å²) in [5, 5.41) is 4.65. The second-order valence-electron chi connectivity index (χ2n) is 8.99. The minimum absolute atomic E-state index is 0.0362. The second kappa shape index (κ2) is 12.6. The molecule has 0 fully saturated rings. The van der Waals surface area contributed by atoms with E-state index in [9.17, 15) is 9.59 Å². The Labute approximate surface area is 227 Å². The van der Waals surface area contributed by atoms with Gasteiger partial charge >= 0.3 is 11.9 Å². The van der Waals surface area contributed by atoms with E-state index in [0.717, 1.165) is 27.8 Å². The maximum absolute atomic E-state index is 12.8. The van der Waals surface area contributed by atoms with Crippen molar-refractivity contribution in [2.75, 3.05) is 6.61 Å². The van der Waals surface area contributed by atoms with Gasteiger partial charge in [-0.3, -0.25) is 9.59 Å². The van der Waals surface area contributed by atoms with Gasteiger partial charge in [-0.15, -0.1) is 0 Å². The van der Waals surface area contributed by atoms with E-state index in [1.807, 2.05) is 73.7 Å². The number of aryl methyl sites for hydroxylation is 2. The molecule has 4 aromatic rings. The summed E-state index contributed by atoms with van der Waals surface area (Å²) in [5.41, 5.74) is 6.09. The first-order chi connectivity index (χ1) is 18.4. The first kappa shape index (κ1) is 27.1. The van der Waals surface area contributed by atoms with E-state index in [1.165, 1.54) is 0 Å². The van der Waals surface area contributed by atoms with Crippen molar-refractivity contribution in [3.63, 3.8) is 0 Å². The Balaban J connectivity index is 1.42. The van der Waals surface area contributed by atoms with Gasteiger partial charge in [0.05, 0.1) is 18.7 Å². The largest absolute Gasteiger partial charge is 0.466 e. The topological polar surface area (TPSA) is 78.6 Å². The lowest BCUT2D eigenvalue weighted by molar-refractivity contribution is -0.147. The zero-order valence-corrected chi connectivity index (χ0v) is 22.5. The fourth-order valence-electron chi connectivity index (χ4n) is 4.23. The van der Waals surface area contributed by atoms with Crippen LogP contribution in [0, 0.1) is 6.92 Å². The minimum atomic E-state index is -0.476. The number of nitrogens with zero attached hydrogens (tertiary/aromatic N) is 1. The molecule has 0 spiro atoms.